The monoisotopic (exact) mass is 232 g/mol. The van der Waals surface area contributed by atoms with Gasteiger partial charge in [0.1, 0.15) is 0 Å². The number of thiol groups is 1. The van der Waals surface area contributed by atoms with Gasteiger partial charge in [-0.2, -0.15) is 17.7 Å². The molecule has 0 fully saturated rings. The number of benzene rings is 1. The lowest BCUT2D eigenvalue weighted by Gasteiger charge is -2.14. The lowest BCUT2D eigenvalue weighted by Crippen LogP contribution is -2.11. The van der Waals surface area contributed by atoms with E-state index < -0.39 is 0 Å². The van der Waals surface area contributed by atoms with Gasteiger partial charge in [0.05, 0.1) is 5.69 Å². The Hall–Kier alpha value is -1.22. The second-order valence-electron chi connectivity index (χ2n) is 3.97. The van der Waals surface area contributed by atoms with Gasteiger partial charge < -0.3 is 0 Å². The molecule has 1 unspecified atom stereocenters. The van der Waals surface area contributed by atoms with E-state index in [1.807, 2.05) is 29.9 Å². The summed E-state index contributed by atoms with van der Waals surface area (Å²) >= 11 is 4.42. The third-order valence-corrected chi connectivity index (χ3v) is 3.11. The Kier molecular flexibility index (Phi) is 3.67. The molecule has 2 nitrogen and oxygen atoms in total. The van der Waals surface area contributed by atoms with Crippen LogP contribution < -0.4 is 0 Å². The van der Waals surface area contributed by atoms with Crippen molar-refractivity contribution in [1.82, 2.24) is 9.78 Å². The fourth-order valence-corrected chi connectivity index (χ4v) is 2.11. The zero-order chi connectivity index (χ0) is 11.4. The lowest BCUT2D eigenvalue weighted by molar-refractivity contribution is 0.546. The van der Waals surface area contributed by atoms with Crippen LogP contribution in [-0.4, -0.2) is 15.5 Å². The van der Waals surface area contributed by atoms with Crippen LogP contribution in [-0.2, 0) is 6.54 Å². The Morgan fingerprint density at radius 1 is 1.25 bits per heavy atom. The molecule has 0 saturated carbocycles. The number of aryl methyl sites for hydroxylation is 1. The van der Waals surface area contributed by atoms with E-state index in [0.717, 1.165) is 18.0 Å². The molecule has 0 bridgehead atoms. The standard InChI is InChI=1S/C13H16N2S/c1-11-7-8-15(14-11)9-13(10-16)12-5-3-2-4-6-12/h2-8,13,16H,9-10H2,1H3. The second-order valence-corrected chi connectivity index (χ2v) is 4.33. The summed E-state index contributed by atoms with van der Waals surface area (Å²) in [4.78, 5) is 0. The average molecular weight is 232 g/mol. The maximum Gasteiger partial charge on any atom is 0.0593 e. The second kappa shape index (κ2) is 5.21. The largest absolute Gasteiger partial charge is 0.272 e. The van der Waals surface area contributed by atoms with Crippen molar-refractivity contribution in [2.75, 3.05) is 5.75 Å². The van der Waals surface area contributed by atoms with Gasteiger partial charge in [-0.3, -0.25) is 4.68 Å². The summed E-state index contributed by atoms with van der Waals surface area (Å²) in [5, 5.41) is 4.41. The first-order valence-corrected chi connectivity index (χ1v) is 6.08. The fraction of sp³-hybridized carbons (Fsp3) is 0.308. The summed E-state index contributed by atoms with van der Waals surface area (Å²) in [5.41, 5.74) is 2.39. The summed E-state index contributed by atoms with van der Waals surface area (Å²) in [6, 6.07) is 12.5. The van der Waals surface area contributed by atoms with Crippen molar-refractivity contribution in [3.05, 3.63) is 53.9 Å². The van der Waals surface area contributed by atoms with Crippen molar-refractivity contribution >= 4 is 12.6 Å². The highest BCUT2D eigenvalue weighted by atomic mass is 32.1. The first-order chi connectivity index (χ1) is 7.79. The van der Waals surface area contributed by atoms with Gasteiger partial charge in [0.2, 0.25) is 0 Å². The summed E-state index contributed by atoms with van der Waals surface area (Å²) < 4.78 is 1.99. The number of rotatable bonds is 4. The molecule has 2 aromatic rings. The zero-order valence-corrected chi connectivity index (χ0v) is 10.3. The molecule has 0 radical (unpaired) electrons. The van der Waals surface area contributed by atoms with Crippen LogP contribution in [0.25, 0.3) is 0 Å². The molecular weight excluding hydrogens is 216 g/mol. The molecule has 3 heteroatoms. The van der Waals surface area contributed by atoms with Crippen molar-refractivity contribution in [2.24, 2.45) is 0 Å². The Balaban J connectivity index is 2.12. The van der Waals surface area contributed by atoms with Crippen LogP contribution in [0.3, 0.4) is 0 Å². The van der Waals surface area contributed by atoms with Gasteiger partial charge in [-0.05, 0) is 24.3 Å². The Labute approximate surface area is 102 Å². The minimum absolute atomic E-state index is 0.420. The Bertz CT molecular complexity index is 436. The average Bonchev–Trinajstić information content (AvgIpc) is 2.73. The molecule has 0 spiro atoms. The third-order valence-electron chi connectivity index (χ3n) is 2.67. The Morgan fingerprint density at radius 3 is 2.56 bits per heavy atom. The highest BCUT2D eigenvalue weighted by molar-refractivity contribution is 7.80. The first kappa shape index (κ1) is 11.3. The predicted octanol–water partition coefficient (Wildman–Crippen LogP) is 2.91. The van der Waals surface area contributed by atoms with E-state index in [0.29, 0.717) is 5.92 Å². The van der Waals surface area contributed by atoms with Crippen LogP contribution >= 0.6 is 12.6 Å². The van der Waals surface area contributed by atoms with E-state index in [2.05, 4.69) is 42.0 Å². The van der Waals surface area contributed by atoms with Gasteiger partial charge in [-0.25, -0.2) is 0 Å². The van der Waals surface area contributed by atoms with Gasteiger partial charge in [-0.15, -0.1) is 0 Å². The van der Waals surface area contributed by atoms with Gasteiger partial charge in [-0.1, -0.05) is 30.3 Å². The molecule has 0 aliphatic heterocycles. The van der Waals surface area contributed by atoms with Crippen LogP contribution in [0.2, 0.25) is 0 Å². The summed E-state index contributed by atoms with van der Waals surface area (Å²) in [6.45, 7) is 2.90. The van der Waals surface area contributed by atoms with Crippen LogP contribution in [0.1, 0.15) is 17.2 Å². The first-order valence-electron chi connectivity index (χ1n) is 5.45. The molecule has 1 aromatic carbocycles. The molecule has 0 aliphatic carbocycles. The summed E-state index contributed by atoms with van der Waals surface area (Å²) in [5.74, 6) is 1.26. The van der Waals surface area contributed by atoms with E-state index in [9.17, 15) is 0 Å². The van der Waals surface area contributed by atoms with Crippen molar-refractivity contribution in [3.63, 3.8) is 0 Å². The van der Waals surface area contributed by atoms with E-state index in [4.69, 9.17) is 0 Å². The predicted molar refractivity (Wildman–Crippen MR) is 70.0 cm³/mol. The highest BCUT2D eigenvalue weighted by Gasteiger charge is 2.10. The molecule has 0 saturated heterocycles. The molecular formula is C13H16N2S. The molecule has 0 aliphatic rings. The van der Waals surface area contributed by atoms with Crippen LogP contribution in [0.15, 0.2) is 42.6 Å². The van der Waals surface area contributed by atoms with Gasteiger partial charge in [0, 0.05) is 18.7 Å². The molecule has 1 heterocycles. The third kappa shape index (κ3) is 2.67. The topological polar surface area (TPSA) is 17.8 Å². The zero-order valence-electron chi connectivity index (χ0n) is 9.37. The van der Waals surface area contributed by atoms with Crippen molar-refractivity contribution < 1.29 is 0 Å². The highest BCUT2D eigenvalue weighted by Crippen LogP contribution is 2.18. The van der Waals surface area contributed by atoms with E-state index >= 15 is 0 Å². The van der Waals surface area contributed by atoms with Crippen molar-refractivity contribution in [3.8, 4) is 0 Å². The minimum atomic E-state index is 0.420. The molecule has 1 aromatic heterocycles. The molecule has 84 valence electrons. The fourth-order valence-electron chi connectivity index (χ4n) is 1.78. The minimum Gasteiger partial charge on any atom is -0.272 e. The van der Waals surface area contributed by atoms with Crippen LogP contribution in [0, 0.1) is 6.92 Å². The molecule has 16 heavy (non-hydrogen) atoms. The number of hydrogen-bond acceptors (Lipinski definition) is 2. The molecule has 0 amide bonds. The van der Waals surface area contributed by atoms with Crippen molar-refractivity contribution in [2.45, 2.75) is 19.4 Å². The number of nitrogens with zero attached hydrogens (tertiary/aromatic N) is 2. The quantitative estimate of drug-likeness (QED) is 0.802. The Morgan fingerprint density at radius 2 is 2.00 bits per heavy atom. The van der Waals surface area contributed by atoms with Gasteiger partial charge in [0.15, 0.2) is 0 Å². The normalized spacial score (nSPS) is 12.6. The smallest absolute Gasteiger partial charge is 0.0593 e. The molecule has 2 rings (SSSR count). The molecule has 1 atom stereocenters. The SMILES string of the molecule is Cc1ccn(CC(CS)c2ccccc2)n1. The van der Waals surface area contributed by atoms with E-state index in [1.165, 1.54) is 5.56 Å². The maximum atomic E-state index is 4.42. The number of hydrogen-bond donors (Lipinski definition) is 1. The summed E-state index contributed by atoms with van der Waals surface area (Å²) in [7, 11) is 0. The van der Waals surface area contributed by atoms with E-state index in [1.54, 1.807) is 0 Å². The van der Waals surface area contributed by atoms with Gasteiger partial charge in [0.25, 0.3) is 0 Å². The van der Waals surface area contributed by atoms with Crippen LogP contribution in [0.5, 0.6) is 0 Å². The van der Waals surface area contributed by atoms with Gasteiger partial charge >= 0.3 is 0 Å². The summed E-state index contributed by atoms with van der Waals surface area (Å²) in [6.07, 6.45) is 2.02. The lowest BCUT2D eigenvalue weighted by atomic mass is 10.0. The maximum absolute atomic E-state index is 4.42. The van der Waals surface area contributed by atoms with E-state index in [-0.39, 0.29) is 0 Å². The van der Waals surface area contributed by atoms with Crippen molar-refractivity contribution in [1.29, 1.82) is 0 Å². The number of aromatic nitrogens is 2. The van der Waals surface area contributed by atoms with Crippen LogP contribution in [0.4, 0.5) is 0 Å². The molecule has 0 N–H and O–H groups in total.